The predicted octanol–water partition coefficient (Wildman–Crippen LogP) is 3.72. The minimum atomic E-state index is 0.905. The quantitative estimate of drug-likeness (QED) is 0.753. The summed E-state index contributed by atoms with van der Waals surface area (Å²) in [6.45, 7) is 0.905. The molecule has 0 amide bonds. The van der Waals surface area contributed by atoms with E-state index in [0.717, 1.165) is 24.3 Å². The summed E-state index contributed by atoms with van der Waals surface area (Å²) >= 11 is 0. The molecule has 0 aromatic carbocycles. The first-order valence-electron chi connectivity index (χ1n) is 7.10. The maximum atomic E-state index is 5.68. The third kappa shape index (κ3) is 3.21. The molecule has 1 nitrogen and oxygen atoms in total. The fourth-order valence-corrected chi connectivity index (χ4v) is 3.86. The monoisotopic (exact) mass is 209 g/mol. The van der Waals surface area contributed by atoms with Crippen LogP contribution in [0.15, 0.2) is 0 Å². The average molecular weight is 209 g/mol. The molecule has 0 aromatic rings. The van der Waals surface area contributed by atoms with E-state index in [4.69, 9.17) is 5.73 Å². The van der Waals surface area contributed by atoms with Gasteiger partial charge in [-0.25, -0.2) is 0 Å². The van der Waals surface area contributed by atoms with E-state index >= 15 is 0 Å². The second-order valence-electron chi connectivity index (χ2n) is 5.77. The van der Waals surface area contributed by atoms with E-state index in [1.54, 1.807) is 0 Å². The zero-order chi connectivity index (χ0) is 10.5. The molecule has 1 heteroatoms. The van der Waals surface area contributed by atoms with E-state index in [2.05, 4.69) is 0 Å². The first-order chi connectivity index (χ1) is 7.40. The minimum Gasteiger partial charge on any atom is -0.330 e. The van der Waals surface area contributed by atoms with Gasteiger partial charge in [0.1, 0.15) is 0 Å². The number of hydrogen-bond acceptors (Lipinski definition) is 1. The highest BCUT2D eigenvalue weighted by Gasteiger charge is 2.28. The van der Waals surface area contributed by atoms with Gasteiger partial charge in [-0.3, -0.25) is 0 Å². The topological polar surface area (TPSA) is 26.0 Å². The van der Waals surface area contributed by atoms with Crippen molar-refractivity contribution in [3.05, 3.63) is 0 Å². The van der Waals surface area contributed by atoms with Gasteiger partial charge in [-0.1, -0.05) is 51.4 Å². The van der Waals surface area contributed by atoms with Gasteiger partial charge >= 0.3 is 0 Å². The van der Waals surface area contributed by atoms with Crippen LogP contribution in [0.2, 0.25) is 0 Å². The van der Waals surface area contributed by atoms with Crippen LogP contribution in [-0.2, 0) is 0 Å². The van der Waals surface area contributed by atoms with Gasteiger partial charge in [0.2, 0.25) is 0 Å². The first-order valence-corrected chi connectivity index (χ1v) is 7.10. The lowest BCUT2D eigenvalue weighted by Gasteiger charge is -2.36. The van der Waals surface area contributed by atoms with Crippen LogP contribution >= 0.6 is 0 Å². The zero-order valence-electron chi connectivity index (χ0n) is 10.1. The summed E-state index contributed by atoms with van der Waals surface area (Å²) in [5, 5.41) is 0. The lowest BCUT2D eigenvalue weighted by molar-refractivity contribution is 0.156. The van der Waals surface area contributed by atoms with E-state index in [1.807, 2.05) is 0 Å². The van der Waals surface area contributed by atoms with Crippen LogP contribution in [0.5, 0.6) is 0 Å². The molecule has 0 spiro atoms. The van der Waals surface area contributed by atoms with Crippen molar-refractivity contribution in [1.29, 1.82) is 0 Å². The van der Waals surface area contributed by atoms with Crippen molar-refractivity contribution < 1.29 is 0 Å². The van der Waals surface area contributed by atoms with Crippen molar-refractivity contribution in [3.63, 3.8) is 0 Å². The molecule has 2 atom stereocenters. The van der Waals surface area contributed by atoms with Gasteiger partial charge in [0.15, 0.2) is 0 Å². The normalized spacial score (nSPS) is 34.2. The molecule has 2 aliphatic rings. The van der Waals surface area contributed by atoms with Crippen molar-refractivity contribution in [2.75, 3.05) is 6.54 Å². The van der Waals surface area contributed by atoms with E-state index in [0.29, 0.717) is 0 Å². The van der Waals surface area contributed by atoms with Crippen LogP contribution in [0.25, 0.3) is 0 Å². The van der Waals surface area contributed by atoms with Crippen LogP contribution < -0.4 is 5.73 Å². The summed E-state index contributed by atoms with van der Waals surface area (Å²) in [5.41, 5.74) is 5.68. The second-order valence-corrected chi connectivity index (χ2v) is 5.77. The molecule has 2 saturated carbocycles. The summed E-state index contributed by atoms with van der Waals surface area (Å²) in [6, 6.07) is 0. The first kappa shape index (κ1) is 11.4. The molecular weight excluding hydrogens is 182 g/mol. The summed E-state index contributed by atoms with van der Waals surface area (Å²) in [5.74, 6) is 3.12. The largest absolute Gasteiger partial charge is 0.330 e. The Morgan fingerprint density at radius 1 is 0.800 bits per heavy atom. The summed E-state index contributed by atoms with van der Waals surface area (Å²) < 4.78 is 0. The van der Waals surface area contributed by atoms with E-state index in [-0.39, 0.29) is 0 Å². The fraction of sp³-hybridized carbons (Fsp3) is 1.00. The van der Waals surface area contributed by atoms with Gasteiger partial charge < -0.3 is 5.73 Å². The van der Waals surface area contributed by atoms with E-state index < -0.39 is 0 Å². The molecule has 0 bridgehead atoms. The maximum Gasteiger partial charge on any atom is -0.00746 e. The Kier molecular flexibility index (Phi) is 4.49. The van der Waals surface area contributed by atoms with Gasteiger partial charge in [0.05, 0.1) is 0 Å². The van der Waals surface area contributed by atoms with Crippen molar-refractivity contribution in [3.8, 4) is 0 Å². The summed E-state index contributed by atoms with van der Waals surface area (Å²) in [7, 11) is 0. The Hall–Kier alpha value is -0.0400. The molecule has 0 saturated heterocycles. The highest BCUT2D eigenvalue weighted by atomic mass is 14.5. The smallest absolute Gasteiger partial charge is 0.00746 e. The lowest BCUT2D eigenvalue weighted by Crippen LogP contribution is -2.25. The highest BCUT2D eigenvalue weighted by Crippen LogP contribution is 2.40. The van der Waals surface area contributed by atoms with Crippen molar-refractivity contribution in [2.45, 2.75) is 64.2 Å². The standard InChI is InChI=1S/C14H27N/c15-10-9-12-5-4-8-14(11-12)13-6-2-1-3-7-13/h12-14H,1-11,15H2. The van der Waals surface area contributed by atoms with Gasteiger partial charge in [-0.15, -0.1) is 0 Å². The molecule has 2 aliphatic carbocycles. The Balaban J connectivity index is 1.80. The van der Waals surface area contributed by atoms with Crippen LogP contribution in [0.3, 0.4) is 0 Å². The molecule has 0 heterocycles. The molecule has 0 aromatic heterocycles. The Bertz CT molecular complexity index is 170. The van der Waals surface area contributed by atoms with Crippen molar-refractivity contribution in [2.24, 2.45) is 23.5 Å². The fourth-order valence-electron chi connectivity index (χ4n) is 3.86. The molecule has 0 radical (unpaired) electrons. The molecule has 2 unspecified atom stereocenters. The number of hydrogen-bond donors (Lipinski definition) is 1. The van der Waals surface area contributed by atoms with Gasteiger partial charge in [0, 0.05) is 0 Å². The maximum absolute atomic E-state index is 5.68. The number of nitrogens with two attached hydrogens (primary N) is 1. The van der Waals surface area contributed by atoms with Crippen LogP contribution in [0, 0.1) is 17.8 Å². The third-order valence-corrected chi connectivity index (χ3v) is 4.71. The molecule has 0 aliphatic heterocycles. The summed E-state index contributed by atoms with van der Waals surface area (Å²) in [4.78, 5) is 0. The Labute approximate surface area is 94.8 Å². The summed E-state index contributed by atoms with van der Waals surface area (Å²) in [6.07, 6.45) is 14.8. The van der Waals surface area contributed by atoms with Crippen molar-refractivity contribution in [1.82, 2.24) is 0 Å². The van der Waals surface area contributed by atoms with Gasteiger partial charge in [0.25, 0.3) is 0 Å². The van der Waals surface area contributed by atoms with Crippen LogP contribution in [0.4, 0.5) is 0 Å². The minimum absolute atomic E-state index is 0.905. The lowest BCUT2D eigenvalue weighted by atomic mass is 9.70. The van der Waals surface area contributed by atoms with Crippen LogP contribution in [0.1, 0.15) is 64.2 Å². The molecule has 2 rings (SSSR count). The van der Waals surface area contributed by atoms with Crippen molar-refractivity contribution >= 4 is 0 Å². The molecule has 15 heavy (non-hydrogen) atoms. The molecular formula is C14H27N. The molecule has 2 fully saturated rings. The third-order valence-electron chi connectivity index (χ3n) is 4.71. The van der Waals surface area contributed by atoms with Gasteiger partial charge in [-0.05, 0) is 37.1 Å². The SMILES string of the molecule is NCCC1CCCC(C2CCCCC2)C1. The molecule has 2 N–H and O–H groups in total. The molecule has 88 valence electrons. The predicted molar refractivity (Wildman–Crippen MR) is 65.7 cm³/mol. The van der Waals surface area contributed by atoms with E-state index in [9.17, 15) is 0 Å². The zero-order valence-corrected chi connectivity index (χ0v) is 10.1. The Morgan fingerprint density at radius 2 is 1.53 bits per heavy atom. The van der Waals surface area contributed by atoms with E-state index in [1.165, 1.54) is 64.2 Å². The average Bonchev–Trinajstić information content (AvgIpc) is 2.31. The highest BCUT2D eigenvalue weighted by molar-refractivity contribution is 4.80. The van der Waals surface area contributed by atoms with Crippen LogP contribution in [-0.4, -0.2) is 6.54 Å². The van der Waals surface area contributed by atoms with Gasteiger partial charge in [-0.2, -0.15) is 0 Å². The Morgan fingerprint density at radius 3 is 2.27 bits per heavy atom. The number of rotatable bonds is 3. The second kappa shape index (κ2) is 5.89.